The summed E-state index contributed by atoms with van der Waals surface area (Å²) in [5.41, 5.74) is 4.74. The SMILES string of the molecule is Cn1c2c(c3c1=NC(C(=O)c1ccccc1)S3)C=NN(Cc1cccc3c1cnn3COCC[Si](C)(C)C)C=2. The van der Waals surface area contributed by atoms with Gasteiger partial charge in [-0.25, -0.2) is 9.67 Å². The molecule has 0 fully saturated rings. The maximum Gasteiger partial charge on any atom is 0.197 e. The summed E-state index contributed by atoms with van der Waals surface area (Å²) in [7, 11) is 0.877. The average Bonchev–Trinajstić information content (AvgIpc) is 3.61. The first-order chi connectivity index (χ1) is 18.8. The van der Waals surface area contributed by atoms with E-state index in [2.05, 4.69) is 53.7 Å². The molecule has 0 amide bonds. The van der Waals surface area contributed by atoms with Crippen LogP contribution in [-0.2, 0) is 25.1 Å². The van der Waals surface area contributed by atoms with Crippen molar-refractivity contribution >= 4 is 48.9 Å². The van der Waals surface area contributed by atoms with Crippen LogP contribution in [0, 0.1) is 0 Å². The highest BCUT2D eigenvalue weighted by Crippen LogP contribution is 2.31. The van der Waals surface area contributed by atoms with Gasteiger partial charge in [0.25, 0.3) is 0 Å². The zero-order valence-electron chi connectivity index (χ0n) is 22.7. The highest BCUT2D eigenvalue weighted by Gasteiger charge is 2.30. The second-order valence-corrected chi connectivity index (χ2v) is 17.9. The second kappa shape index (κ2) is 10.3. The lowest BCUT2D eigenvalue weighted by atomic mass is 10.1. The quantitative estimate of drug-likeness (QED) is 0.175. The Morgan fingerprint density at radius 1 is 1.10 bits per heavy atom. The van der Waals surface area contributed by atoms with Gasteiger partial charge in [-0.15, -0.1) is 0 Å². The van der Waals surface area contributed by atoms with Crippen LogP contribution in [0.3, 0.4) is 0 Å². The van der Waals surface area contributed by atoms with Gasteiger partial charge in [-0.05, 0) is 17.7 Å². The maximum atomic E-state index is 13.0. The lowest BCUT2D eigenvalue weighted by Gasteiger charge is -2.18. The number of ketones is 1. The van der Waals surface area contributed by atoms with Crippen LogP contribution < -0.4 is 10.8 Å². The minimum Gasteiger partial charge on any atom is -0.360 e. The minimum atomic E-state index is -1.12. The zero-order chi connectivity index (χ0) is 27.1. The Kier molecular flexibility index (Phi) is 6.78. The van der Waals surface area contributed by atoms with Crippen molar-refractivity contribution in [3.8, 4) is 0 Å². The van der Waals surface area contributed by atoms with Crippen molar-refractivity contribution in [2.75, 3.05) is 6.61 Å². The molecule has 4 heterocycles. The number of Topliss-reactive ketones (excluding diaryl/α,β-unsaturated/α-hetero) is 1. The van der Waals surface area contributed by atoms with Gasteiger partial charge in [0, 0.05) is 44.4 Å². The molecule has 0 saturated heterocycles. The molecule has 2 aromatic carbocycles. The van der Waals surface area contributed by atoms with Crippen LogP contribution >= 0.6 is 11.8 Å². The topological polar surface area (TPSA) is 77.0 Å². The molecule has 0 N–H and O–H groups in total. The molecule has 0 radical (unpaired) electrons. The molecule has 0 aliphatic carbocycles. The van der Waals surface area contributed by atoms with Gasteiger partial charge >= 0.3 is 0 Å². The van der Waals surface area contributed by atoms with Crippen molar-refractivity contribution in [2.45, 2.75) is 49.2 Å². The molecule has 8 nitrogen and oxygen atoms in total. The number of carbonyl (C=O) groups excluding carboxylic acids is 1. The first-order valence-electron chi connectivity index (χ1n) is 13.1. The van der Waals surface area contributed by atoms with Gasteiger partial charge in [0.1, 0.15) is 12.2 Å². The Morgan fingerprint density at radius 3 is 2.72 bits per heavy atom. The van der Waals surface area contributed by atoms with Crippen LogP contribution in [0.25, 0.3) is 17.1 Å². The van der Waals surface area contributed by atoms with Crippen molar-refractivity contribution in [1.82, 2.24) is 19.4 Å². The number of benzene rings is 2. The highest BCUT2D eigenvalue weighted by atomic mass is 32.2. The number of ether oxygens (including phenoxy) is 1. The third kappa shape index (κ3) is 5.11. The van der Waals surface area contributed by atoms with Gasteiger partial charge in [0.15, 0.2) is 11.2 Å². The Hall–Kier alpha value is -3.47. The van der Waals surface area contributed by atoms with Gasteiger partial charge in [-0.2, -0.15) is 10.2 Å². The van der Waals surface area contributed by atoms with Gasteiger partial charge < -0.3 is 9.30 Å². The first-order valence-corrected chi connectivity index (χ1v) is 17.7. The summed E-state index contributed by atoms with van der Waals surface area (Å²) in [5, 5.41) is 13.0. The Morgan fingerprint density at radius 2 is 1.92 bits per heavy atom. The van der Waals surface area contributed by atoms with Crippen LogP contribution in [0.2, 0.25) is 25.7 Å². The molecular formula is C29H32N6O2SSi. The molecule has 39 heavy (non-hydrogen) atoms. The molecule has 6 rings (SSSR count). The van der Waals surface area contributed by atoms with Crippen molar-refractivity contribution < 1.29 is 9.53 Å². The fourth-order valence-electron chi connectivity index (χ4n) is 4.83. The van der Waals surface area contributed by atoms with E-state index in [0.29, 0.717) is 18.8 Å². The van der Waals surface area contributed by atoms with Crippen molar-refractivity contribution in [2.24, 2.45) is 17.1 Å². The standard InChI is InChI=1S/C29H32N6O2SSi/c1-33-25-18-34(17-21-11-8-12-24-22(21)15-31-35(24)19-37-13-14-39(2,3)4)30-16-23(25)27-28(33)32-29(38-27)26(36)20-9-6-5-7-10-20/h5-12,15-16,18,29H,13-14,17,19H2,1-4H3. The highest BCUT2D eigenvalue weighted by molar-refractivity contribution is 8.00. The van der Waals surface area contributed by atoms with Crippen LogP contribution in [0.4, 0.5) is 0 Å². The second-order valence-electron chi connectivity index (χ2n) is 11.2. The summed E-state index contributed by atoms with van der Waals surface area (Å²) in [6.07, 6.45) is 5.87. The molecule has 2 aliphatic rings. The van der Waals surface area contributed by atoms with Crippen molar-refractivity contribution in [3.63, 3.8) is 0 Å². The summed E-state index contributed by atoms with van der Waals surface area (Å²) < 4.78 is 9.93. The van der Waals surface area contributed by atoms with E-state index in [1.165, 1.54) is 11.8 Å². The number of aromatic nitrogens is 3. The van der Waals surface area contributed by atoms with E-state index >= 15 is 0 Å². The fraction of sp³-hybridized carbons (Fsp3) is 0.310. The van der Waals surface area contributed by atoms with Gasteiger partial charge in [0.05, 0.1) is 34.7 Å². The van der Waals surface area contributed by atoms with Gasteiger partial charge in [-0.1, -0.05) is 73.9 Å². The number of rotatable bonds is 9. The molecule has 200 valence electrons. The normalized spacial score (nSPS) is 16.2. The number of thioether (sulfide) groups is 1. The molecule has 1 unspecified atom stereocenters. The molecule has 4 aromatic rings. The van der Waals surface area contributed by atoms with E-state index in [1.807, 2.05) is 59.5 Å². The van der Waals surface area contributed by atoms with Crippen LogP contribution in [0.15, 0.2) is 69.7 Å². The maximum absolute atomic E-state index is 13.0. The summed E-state index contributed by atoms with van der Waals surface area (Å²) >= 11 is 1.51. The van der Waals surface area contributed by atoms with E-state index < -0.39 is 13.4 Å². The lowest BCUT2D eigenvalue weighted by molar-refractivity contribution is 0.0817. The first kappa shape index (κ1) is 25.8. The minimum absolute atomic E-state index is 0.0269. The Bertz CT molecular complexity index is 1700. The summed E-state index contributed by atoms with van der Waals surface area (Å²) in [6.45, 7) is 8.91. The monoisotopic (exact) mass is 556 g/mol. The summed E-state index contributed by atoms with van der Waals surface area (Å²) in [4.78, 5) is 18.8. The van der Waals surface area contributed by atoms with Crippen molar-refractivity contribution in [3.05, 3.63) is 82.3 Å². The summed E-state index contributed by atoms with van der Waals surface area (Å²) in [6, 6.07) is 16.8. The molecular weight excluding hydrogens is 525 g/mol. The number of carbonyl (C=O) groups is 1. The Labute approximate surface area is 232 Å². The van der Waals surface area contributed by atoms with E-state index in [-0.39, 0.29) is 5.78 Å². The van der Waals surface area contributed by atoms with E-state index in [1.54, 1.807) is 0 Å². The predicted octanol–water partition coefficient (Wildman–Crippen LogP) is 4.21. The van der Waals surface area contributed by atoms with Crippen molar-refractivity contribution in [1.29, 1.82) is 0 Å². The number of hydrogen-bond donors (Lipinski definition) is 0. The van der Waals surface area contributed by atoms with E-state index in [9.17, 15) is 4.79 Å². The fourth-order valence-corrected chi connectivity index (χ4v) is 6.79. The molecule has 0 bridgehead atoms. The van der Waals surface area contributed by atoms with Gasteiger partial charge in [-0.3, -0.25) is 9.80 Å². The number of hydrogen-bond acceptors (Lipinski definition) is 7. The van der Waals surface area contributed by atoms with E-state index in [0.717, 1.165) is 50.4 Å². The molecule has 0 spiro atoms. The van der Waals surface area contributed by atoms with Crippen LogP contribution in [0.1, 0.15) is 21.5 Å². The number of hydrazone groups is 1. The molecule has 10 heteroatoms. The molecule has 2 aromatic heterocycles. The average molecular weight is 557 g/mol. The number of fused-ring (bicyclic) bond motifs is 4. The van der Waals surface area contributed by atoms with Crippen LogP contribution in [-0.4, -0.2) is 51.4 Å². The Balaban J connectivity index is 1.21. The smallest absolute Gasteiger partial charge is 0.197 e. The lowest BCUT2D eigenvalue weighted by Crippen LogP contribution is -2.30. The molecule has 2 aliphatic heterocycles. The molecule has 0 saturated carbocycles. The third-order valence-corrected chi connectivity index (χ3v) is 9.97. The third-order valence-electron chi connectivity index (χ3n) is 7.08. The largest absolute Gasteiger partial charge is 0.360 e. The van der Waals surface area contributed by atoms with Crippen LogP contribution in [0.5, 0.6) is 0 Å². The molecule has 1 atom stereocenters. The number of nitrogens with zero attached hydrogens (tertiary/aromatic N) is 6. The predicted molar refractivity (Wildman–Crippen MR) is 158 cm³/mol. The zero-order valence-corrected chi connectivity index (χ0v) is 24.5. The van der Waals surface area contributed by atoms with Gasteiger partial charge in [0.2, 0.25) is 0 Å². The summed E-state index contributed by atoms with van der Waals surface area (Å²) in [5.74, 6) is 0.0269. The van der Waals surface area contributed by atoms with E-state index in [4.69, 9.17) is 14.8 Å².